The van der Waals surface area contributed by atoms with Crippen molar-refractivity contribution >= 4 is 29.1 Å². The largest absolute Gasteiger partial charge is 0.363 e. The van der Waals surface area contributed by atoms with Crippen molar-refractivity contribution in [1.29, 1.82) is 0 Å². The first-order valence-electron chi connectivity index (χ1n) is 10.8. The minimum atomic E-state index is -0.457. The van der Waals surface area contributed by atoms with Gasteiger partial charge in [-0.05, 0) is 56.9 Å². The molecule has 6 heteroatoms. The number of carbonyl (C=O) groups is 2. The zero-order chi connectivity index (χ0) is 21.2. The normalized spacial score (nSPS) is 20.8. The number of halogens is 1. The van der Waals surface area contributed by atoms with Crippen molar-refractivity contribution in [2.45, 2.75) is 65.0 Å². The zero-order valence-electron chi connectivity index (χ0n) is 18.1. The van der Waals surface area contributed by atoms with Crippen molar-refractivity contribution < 1.29 is 9.59 Å². The van der Waals surface area contributed by atoms with Crippen molar-refractivity contribution in [3.05, 3.63) is 29.3 Å². The highest BCUT2D eigenvalue weighted by molar-refractivity contribution is 6.30. The molecule has 2 amide bonds. The Morgan fingerprint density at radius 3 is 2.28 bits per heavy atom. The molecule has 1 aliphatic carbocycles. The van der Waals surface area contributed by atoms with Gasteiger partial charge in [0.15, 0.2) is 0 Å². The van der Waals surface area contributed by atoms with Crippen LogP contribution in [-0.2, 0) is 9.59 Å². The van der Waals surface area contributed by atoms with Crippen LogP contribution in [-0.4, -0.2) is 47.9 Å². The van der Waals surface area contributed by atoms with Gasteiger partial charge in [-0.1, -0.05) is 38.3 Å². The van der Waals surface area contributed by atoms with Crippen LogP contribution in [0.1, 0.15) is 53.4 Å². The van der Waals surface area contributed by atoms with E-state index in [4.69, 9.17) is 11.6 Å². The minimum absolute atomic E-state index is 0.0372. The Bertz CT molecular complexity index is 726. The van der Waals surface area contributed by atoms with Gasteiger partial charge in [0.1, 0.15) is 6.04 Å². The first-order chi connectivity index (χ1) is 13.7. The summed E-state index contributed by atoms with van der Waals surface area (Å²) in [6.07, 6.45) is 4.10. The van der Waals surface area contributed by atoms with Gasteiger partial charge in [0.05, 0.1) is 5.54 Å². The second-order valence-electron chi connectivity index (χ2n) is 9.41. The van der Waals surface area contributed by atoms with Crippen molar-refractivity contribution in [2.24, 2.45) is 11.8 Å². The van der Waals surface area contributed by atoms with Crippen LogP contribution < -0.4 is 10.2 Å². The number of hydrogen-bond donors (Lipinski definition) is 1. The average molecular weight is 420 g/mol. The van der Waals surface area contributed by atoms with E-state index >= 15 is 0 Å². The molecule has 2 fully saturated rings. The van der Waals surface area contributed by atoms with Gasteiger partial charge in [-0.2, -0.15) is 0 Å². The second-order valence-corrected chi connectivity index (χ2v) is 9.85. The summed E-state index contributed by atoms with van der Waals surface area (Å²) >= 11 is 6.03. The maximum atomic E-state index is 13.3. The smallest absolute Gasteiger partial charge is 0.245 e. The van der Waals surface area contributed by atoms with Crippen LogP contribution >= 0.6 is 11.6 Å². The van der Waals surface area contributed by atoms with Crippen LogP contribution in [0.3, 0.4) is 0 Å². The lowest BCUT2D eigenvalue weighted by Gasteiger charge is -2.49. The van der Waals surface area contributed by atoms with Gasteiger partial charge in [-0.25, -0.2) is 0 Å². The fourth-order valence-electron chi connectivity index (χ4n) is 4.61. The Hall–Kier alpha value is -1.75. The van der Waals surface area contributed by atoms with Crippen LogP contribution in [0.2, 0.25) is 5.02 Å². The van der Waals surface area contributed by atoms with Gasteiger partial charge in [-0.3, -0.25) is 9.59 Å². The molecule has 160 valence electrons. The first-order valence-corrected chi connectivity index (χ1v) is 11.2. The van der Waals surface area contributed by atoms with Crippen molar-refractivity contribution in [1.82, 2.24) is 10.2 Å². The van der Waals surface area contributed by atoms with E-state index in [0.717, 1.165) is 42.9 Å². The number of nitrogens with zero attached hydrogens (tertiary/aromatic N) is 2. The summed E-state index contributed by atoms with van der Waals surface area (Å²) in [7, 11) is 0. The molecule has 0 aromatic heterocycles. The predicted molar refractivity (Wildman–Crippen MR) is 118 cm³/mol. The number of nitrogens with one attached hydrogen (secondary N) is 1. The molecule has 0 radical (unpaired) electrons. The molecular weight excluding hydrogens is 386 g/mol. The molecule has 1 N–H and O–H groups in total. The molecule has 0 bridgehead atoms. The predicted octanol–water partition coefficient (Wildman–Crippen LogP) is 4.10. The van der Waals surface area contributed by atoms with E-state index in [1.165, 1.54) is 0 Å². The average Bonchev–Trinajstić information content (AvgIpc) is 3.20. The van der Waals surface area contributed by atoms with Gasteiger partial charge in [-0.15, -0.1) is 0 Å². The third-order valence-electron chi connectivity index (χ3n) is 6.31. The SMILES string of the molecule is CC(C)[C@@H](NC(=O)C1CCCC1)C(=O)N1CCN(c2ccc(Cl)cc2)C(C)(C)C1. The molecule has 1 saturated heterocycles. The summed E-state index contributed by atoms with van der Waals surface area (Å²) in [5.41, 5.74) is 0.903. The highest BCUT2D eigenvalue weighted by Crippen LogP contribution is 2.30. The molecule has 0 spiro atoms. The lowest BCUT2D eigenvalue weighted by Crippen LogP contribution is -2.63. The molecular formula is C23H34ClN3O2. The van der Waals surface area contributed by atoms with Gasteiger partial charge in [0.2, 0.25) is 11.8 Å². The summed E-state index contributed by atoms with van der Waals surface area (Å²) in [6.45, 7) is 10.3. The monoisotopic (exact) mass is 419 g/mol. The number of anilines is 1. The molecule has 1 saturated carbocycles. The van der Waals surface area contributed by atoms with E-state index in [0.29, 0.717) is 13.1 Å². The number of rotatable bonds is 5. The van der Waals surface area contributed by atoms with Gasteiger partial charge in [0.25, 0.3) is 0 Å². The Morgan fingerprint density at radius 2 is 1.72 bits per heavy atom. The summed E-state index contributed by atoms with van der Waals surface area (Å²) in [4.78, 5) is 30.2. The Balaban J connectivity index is 1.68. The van der Waals surface area contributed by atoms with E-state index in [1.807, 2.05) is 43.0 Å². The maximum absolute atomic E-state index is 13.3. The van der Waals surface area contributed by atoms with Gasteiger partial charge in [0, 0.05) is 36.3 Å². The molecule has 1 atom stereocenters. The number of piperazine rings is 1. The third-order valence-corrected chi connectivity index (χ3v) is 6.56. The van der Waals surface area contributed by atoms with E-state index in [1.54, 1.807) is 0 Å². The van der Waals surface area contributed by atoms with E-state index in [9.17, 15) is 9.59 Å². The first kappa shape index (κ1) is 21.9. The third kappa shape index (κ3) is 5.06. The van der Waals surface area contributed by atoms with E-state index in [2.05, 4.69) is 24.1 Å². The standard InChI is InChI=1S/C23H34ClN3O2/c1-16(2)20(25-21(28)17-7-5-6-8-17)22(29)26-13-14-27(23(3,4)15-26)19-11-9-18(24)10-12-19/h9-12,16-17,20H,5-8,13-15H2,1-4H3,(H,25,28)/t20-/m1/s1. The van der Waals surface area contributed by atoms with Crippen LogP contribution in [0, 0.1) is 11.8 Å². The molecule has 2 aliphatic rings. The Kier molecular flexibility index (Phi) is 6.77. The van der Waals surface area contributed by atoms with Crippen molar-refractivity contribution in [3.63, 3.8) is 0 Å². The zero-order valence-corrected chi connectivity index (χ0v) is 18.8. The maximum Gasteiger partial charge on any atom is 0.245 e. The highest BCUT2D eigenvalue weighted by Gasteiger charge is 2.39. The minimum Gasteiger partial charge on any atom is -0.363 e. The Labute approximate surface area is 179 Å². The summed E-state index contributed by atoms with van der Waals surface area (Å²) < 4.78 is 0. The quantitative estimate of drug-likeness (QED) is 0.781. The van der Waals surface area contributed by atoms with Crippen LogP contribution in [0.15, 0.2) is 24.3 Å². The van der Waals surface area contributed by atoms with Crippen LogP contribution in [0.25, 0.3) is 0 Å². The number of carbonyl (C=O) groups excluding carboxylic acids is 2. The van der Waals surface area contributed by atoms with E-state index < -0.39 is 6.04 Å². The molecule has 29 heavy (non-hydrogen) atoms. The fourth-order valence-corrected chi connectivity index (χ4v) is 4.74. The molecule has 1 aromatic carbocycles. The number of benzene rings is 1. The molecule has 1 aromatic rings. The van der Waals surface area contributed by atoms with Crippen molar-refractivity contribution in [3.8, 4) is 0 Å². The van der Waals surface area contributed by atoms with Gasteiger partial charge < -0.3 is 15.1 Å². The number of amides is 2. The highest BCUT2D eigenvalue weighted by atomic mass is 35.5. The van der Waals surface area contributed by atoms with Crippen LogP contribution in [0.5, 0.6) is 0 Å². The molecule has 5 nitrogen and oxygen atoms in total. The van der Waals surface area contributed by atoms with Crippen LogP contribution in [0.4, 0.5) is 5.69 Å². The summed E-state index contributed by atoms with van der Waals surface area (Å²) in [6, 6.07) is 7.40. The lowest BCUT2D eigenvalue weighted by molar-refractivity contribution is -0.139. The van der Waals surface area contributed by atoms with Gasteiger partial charge >= 0.3 is 0 Å². The number of hydrogen-bond acceptors (Lipinski definition) is 3. The summed E-state index contributed by atoms with van der Waals surface area (Å²) in [5.74, 6) is 0.219. The lowest BCUT2D eigenvalue weighted by atomic mass is 9.95. The molecule has 0 unspecified atom stereocenters. The second kappa shape index (κ2) is 8.95. The Morgan fingerprint density at radius 1 is 1.10 bits per heavy atom. The molecule has 1 aliphatic heterocycles. The summed E-state index contributed by atoms with van der Waals surface area (Å²) in [5, 5.41) is 3.79. The van der Waals surface area contributed by atoms with E-state index in [-0.39, 0.29) is 29.2 Å². The topological polar surface area (TPSA) is 52.7 Å². The van der Waals surface area contributed by atoms with Crippen molar-refractivity contribution in [2.75, 3.05) is 24.5 Å². The molecule has 3 rings (SSSR count). The molecule has 1 heterocycles. The fraction of sp³-hybridized carbons (Fsp3) is 0.652.